The molecular formula is C12H9F3N2O2S. The molecule has 0 radical (unpaired) electrons. The third-order valence-corrected chi connectivity index (χ3v) is 3.31. The van der Waals surface area contributed by atoms with Crippen LogP contribution >= 0.6 is 11.8 Å². The number of hydrogen-bond donors (Lipinski definition) is 2. The van der Waals surface area contributed by atoms with Crippen LogP contribution in [0, 0.1) is 0 Å². The first-order valence-corrected chi connectivity index (χ1v) is 6.26. The van der Waals surface area contributed by atoms with E-state index in [-0.39, 0.29) is 21.2 Å². The molecule has 0 aliphatic rings. The summed E-state index contributed by atoms with van der Waals surface area (Å²) in [6.45, 7) is -0.694. The molecule has 0 atom stereocenters. The predicted molar refractivity (Wildman–Crippen MR) is 66.3 cm³/mol. The number of aromatic nitrogens is 2. The fraction of sp³-hybridized carbons (Fsp3) is 0.167. The Balaban J connectivity index is 2.36. The minimum absolute atomic E-state index is 0.197. The Morgan fingerprint density at radius 3 is 2.65 bits per heavy atom. The predicted octanol–water partition coefficient (Wildman–Crippen LogP) is 2.43. The van der Waals surface area contributed by atoms with Crippen LogP contribution in [0.4, 0.5) is 13.2 Å². The van der Waals surface area contributed by atoms with E-state index in [0.717, 1.165) is 17.8 Å². The highest BCUT2D eigenvalue weighted by molar-refractivity contribution is 7.99. The first kappa shape index (κ1) is 14.6. The van der Waals surface area contributed by atoms with Crippen LogP contribution in [0.2, 0.25) is 0 Å². The first-order chi connectivity index (χ1) is 9.40. The van der Waals surface area contributed by atoms with Gasteiger partial charge in [-0.25, -0.2) is 4.98 Å². The van der Waals surface area contributed by atoms with E-state index < -0.39 is 18.3 Å². The van der Waals surface area contributed by atoms with Gasteiger partial charge in [0.2, 0.25) is 0 Å². The summed E-state index contributed by atoms with van der Waals surface area (Å²) in [5.74, 6) is 0. The fourth-order valence-electron chi connectivity index (χ4n) is 1.54. The molecule has 0 bridgehead atoms. The maximum Gasteiger partial charge on any atom is 0.416 e. The van der Waals surface area contributed by atoms with E-state index in [1.165, 1.54) is 24.4 Å². The van der Waals surface area contributed by atoms with Gasteiger partial charge in [0.05, 0.1) is 12.2 Å². The summed E-state index contributed by atoms with van der Waals surface area (Å²) in [6, 6.07) is 4.76. The van der Waals surface area contributed by atoms with Gasteiger partial charge in [-0.1, -0.05) is 17.8 Å². The molecule has 0 saturated carbocycles. The number of rotatable bonds is 3. The number of aliphatic hydroxyl groups excluding tert-OH is 1. The highest BCUT2D eigenvalue weighted by atomic mass is 32.2. The van der Waals surface area contributed by atoms with Crippen LogP contribution in [0.15, 0.2) is 45.3 Å². The molecule has 1 heterocycles. The van der Waals surface area contributed by atoms with E-state index in [1.807, 2.05) is 0 Å². The maximum absolute atomic E-state index is 12.8. The van der Waals surface area contributed by atoms with Crippen molar-refractivity contribution in [2.45, 2.75) is 22.8 Å². The molecule has 0 unspecified atom stereocenters. The Hall–Kier alpha value is -1.80. The summed E-state index contributed by atoms with van der Waals surface area (Å²) in [6.07, 6.45) is -3.28. The lowest BCUT2D eigenvalue weighted by molar-refractivity contribution is -0.138. The summed E-state index contributed by atoms with van der Waals surface area (Å²) < 4.78 is 38.5. The number of nitrogens with zero attached hydrogens (tertiary/aromatic N) is 1. The summed E-state index contributed by atoms with van der Waals surface area (Å²) in [7, 11) is 0. The van der Waals surface area contributed by atoms with Crippen molar-refractivity contribution < 1.29 is 18.3 Å². The van der Waals surface area contributed by atoms with Crippen LogP contribution in [0.3, 0.4) is 0 Å². The number of halogens is 3. The second-order valence-corrected chi connectivity index (χ2v) is 4.88. The first-order valence-electron chi connectivity index (χ1n) is 5.44. The molecule has 0 fully saturated rings. The molecule has 0 saturated heterocycles. The van der Waals surface area contributed by atoms with Gasteiger partial charge >= 0.3 is 6.18 Å². The number of hydrogen-bond acceptors (Lipinski definition) is 4. The van der Waals surface area contributed by atoms with Crippen LogP contribution in [-0.4, -0.2) is 15.1 Å². The SMILES string of the molecule is O=c1ccnc(Sc2ccc(CO)c(C(F)(F)F)c2)[nH]1. The Labute approximate surface area is 115 Å². The van der Waals surface area contributed by atoms with Crippen molar-refractivity contribution in [3.63, 3.8) is 0 Å². The standard InChI is InChI=1S/C12H9F3N2O2S/c13-12(14,15)9-5-8(2-1-7(9)6-18)20-11-16-4-3-10(19)17-11/h1-5,18H,6H2,(H,16,17,19). The third kappa shape index (κ3) is 3.40. The molecular weight excluding hydrogens is 293 g/mol. The molecule has 8 heteroatoms. The normalized spacial score (nSPS) is 11.6. The van der Waals surface area contributed by atoms with Crippen LogP contribution in [0.25, 0.3) is 0 Å². The van der Waals surface area contributed by atoms with Gasteiger partial charge in [0.15, 0.2) is 5.16 Å². The molecule has 20 heavy (non-hydrogen) atoms. The molecule has 1 aromatic carbocycles. The quantitative estimate of drug-likeness (QED) is 0.855. The van der Waals surface area contributed by atoms with Crippen molar-refractivity contribution in [2.75, 3.05) is 0 Å². The minimum Gasteiger partial charge on any atom is -0.392 e. The summed E-state index contributed by atoms with van der Waals surface area (Å²) in [4.78, 5) is 17.6. The van der Waals surface area contributed by atoms with Crippen molar-refractivity contribution in [3.8, 4) is 0 Å². The highest BCUT2D eigenvalue weighted by Crippen LogP contribution is 2.35. The Morgan fingerprint density at radius 2 is 2.05 bits per heavy atom. The second kappa shape index (κ2) is 5.68. The van der Waals surface area contributed by atoms with E-state index in [9.17, 15) is 18.0 Å². The van der Waals surface area contributed by atoms with E-state index in [1.54, 1.807) is 0 Å². The Morgan fingerprint density at radius 1 is 1.30 bits per heavy atom. The Kier molecular flexibility index (Phi) is 4.15. The number of alkyl halides is 3. The van der Waals surface area contributed by atoms with Gasteiger partial charge in [-0.15, -0.1) is 0 Å². The molecule has 4 nitrogen and oxygen atoms in total. The zero-order chi connectivity index (χ0) is 14.8. The van der Waals surface area contributed by atoms with Crippen LogP contribution in [0.1, 0.15) is 11.1 Å². The molecule has 1 aromatic heterocycles. The lowest BCUT2D eigenvalue weighted by Gasteiger charge is -2.12. The van der Waals surface area contributed by atoms with E-state index in [0.29, 0.717) is 0 Å². The van der Waals surface area contributed by atoms with Gasteiger partial charge < -0.3 is 10.1 Å². The number of nitrogens with one attached hydrogen (secondary N) is 1. The van der Waals surface area contributed by atoms with Crippen molar-refractivity contribution in [1.29, 1.82) is 0 Å². The van der Waals surface area contributed by atoms with Crippen molar-refractivity contribution in [1.82, 2.24) is 9.97 Å². The smallest absolute Gasteiger partial charge is 0.392 e. The average Bonchev–Trinajstić information content (AvgIpc) is 2.37. The van der Waals surface area contributed by atoms with Crippen LogP contribution in [-0.2, 0) is 12.8 Å². The zero-order valence-electron chi connectivity index (χ0n) is 9.94. The second-order valence-electron chi connectivity index (χ2n) is 3.82. The van der Waals surface area contributed by atoms with E-state index in [4.69, 9.17) is 5.11 Å². The molecule has 0 spiro atoms. The number of aromatic amines is 1. The molecule has 0 amide bonds. The minimum atomic E-state index is -4.55. The number of aliphatic hydroxyl groups is 1. The Bertz CT molecular complexity index is 670. The summed E-state index contributed by atoms with van der Waals surface area (Å²) >= 11 is 0.903. The van der Waals surface area contributed by atoms with Crippen molar-refractivity contribution in [3.05, 3.63) is 51.9 Å². The fourth-order valence-corrected chi connectivity index (χ4v) is 2.34. The molecule has 0 aliphatic carbocycles. The molecule has 2 rings (SSSR count). The van der Waals surface area contributed by atoms with Gasteiger partial charge in [-0.05, 0) is 17.7 Å². The van der Waals surface area contributed by atoms with Crippen molar-refractivity contribution >= 4 is 11.8 Å². The lowest BCUT2D eigenvalue weighted by Crippen LogP contribution is -2.09. The third-order valence-electron chi connectivity index (χ3n) is 2.42. The van der Waals surface area contributed by atoms with E-state index >= 15 is 0 Å². The maximum atomic E-state index is 12.8. The van der Waals surface area contributed by atoms with Crippen LogP contribution in [0.5, 0.6) is 0 Å². The van der Waals surface area contributed by atoms with Gasteiger partial charge in [0.25, 0.3) is 5.56 Å². The number of benzene rings is 1. The summed E-state index contributed by atoms with van der Waals surface area (Å²) in [5, 5.41) is 9.13. The van der Waals surface area contributed by atoms with E-state index in [2.05, 4.69) is 9.97 Å². The van der Waals surface area contributed by atoms with Gasteiger partial charge in [-0.2, -0.15) is 13.2 Å². The molecule has 2 N–H and O–H groups in total. The molecule has 2 aromatic rings. The lowest BCUT2D eigenvalue weighted by atomic mass is 10.1. The molecule has 0 aliphatic heterocycles. The van der Waals surface area contributed by atoms with Gasteiger partial charge in [-0.3, -0.25) is 4.79 Å². The largest absolute Gasteiger partial charge is 0.416 e. The number of H-pyrrole nitrogens is 1. The van der Waals surface area contributed by atoms with Crippen molar-refractivity contribution in [2.24, 2.45) is 0 Å². The average molecular weight is 302 g/mol. The monoisotopic (exact) mass is 302 g/mol. The zero-order valence-corrected chi connectivity index (χ0v) is 10.8. The van der Waals surface area contributed by atoms with Gasteiger partial charge in [0.1, 0.15) is 0 Å². The summed E-state index contributed by atoms with van der Waals surface area (Å²) in [5.41, 5.74) is -1.48. The van der Waals surface area contributed by atoms with Gasteiger partial charge in [0, 0.05) is 17.2 Å². The molecule has 106 valence electrons. The van der Waals surface area contributed by atoms with Crippen LogP contribution < -0.4 is 5.56 Å². The highest BCUT2D eigenvalue weighted by Gasteiger charge is 2.33. The topological polar surface area (TPSA) is 66.0 Å².